The van der Waals surface area contributed by atoms with Gasteiger partial charge in [-0.15, -0.1) is 0 Å². The Kier molecular flexibility index (Phi) is 3.71. The van der Waals surface area contributed by atoms with Crippen LogP contribution in [0.25, 0.3) is 0 Å². The molecular formula is C11H14N4O3. The summed E-state index contributed by atoms with van der Waals surface area (Å²) in [4.78, 5) is 31.4. The lowest BCUT2D eigenvalue weighted by atomic mass is 10.1. The van der Waals surface area contributed by atoms with Gasteiger partial charge in [0.2, 0.25) is 0 Å². The zero-order chi connectivity index (χ0) is 13.0. The third-order valence-electron chi connectivity index (χ3n) is 2.92. The number of carboxylic acid groups (broad SMARTS) is 1. The summed E-state index contributed by atoms with van der Waals surface area (Å²) in [6.45, 7) is 0.900. The number of rotatable bonds is 2. The lowest BCUT2D eigenvalue weighted by Gasteiger charge is -2.30. The van der Waals surface area contributed by atoms with Crippen LogP contribution < -0.4 is 5.32 Å². The second kappa shape index (κ2) is 5.44. The first-order valence-corrected chi connectivity index (χ1v) is 5.70. The fourth-order valence-electron chi connectivity index (χ4n) is 1.90. The van der Waals surface area contributed by atoms with E-state index in [2.05, 4.69) is 15.3 Å². The van der Waals surface area contributed by atoms with E-state index >= 15 is 0 Å². The number of carbonyl (C=O) groups is 2. The van der Waals surface area contributed by atoms with Crippen LogP contribution in [0.4, 0.5) is 4.79 Å². The lowest BCUT2D eigenvalue weighted by Crippen LogP contribution is -2.46. The van der Waals surface area contributed by atoms with Gasteiger partial charge in [0.25, 0.3) is 5.91 Å². The van der Waals surface area contributed by atoms with E-state index in [9.17, 15) is 9.59 Å². The van der Waals surface area contributed by atoms with E-state index in [1.54, 1.807) is 0 Å². The zero-order valence-electron chi connectivity index (χ0n) is 9.74. The highest BCUT2D eigenvalue weighted by Crippen LogP contribution is 2.11. The molecule has 1 aliphatic rings. The van der Waals surface area contributed by atoms with Gasteiger partial charge < -0.3 is 15.3 Å². The molecule has 0 unspecified atom stereocenters. The lowest BCUT2D eigenvalue weighted by molar-refractivity contribution is 0.0906. The number of likely N-dealkylation sites (tertiary alicyclic amines) is 1. The molecule has 0 radical (unpaired) electrons. The molecule has 2 N–H and O–H groups in total. The van der Waals surface area contributed by atoms with Gasteiger partial charge >= 0.3 is 6.09 Å². The number of aromatic nitrogens is 2. The molecule has 1 fully saturated rings. The van der Waals surface area contributed by atoms with Gasteiger partial charge in [0.15, 0.2) is 0 Å². The molecule has 1 aromatic rings. The van der Waals surface area contributed by atoms with Gasteiger partial charge in [-0.3, -0.25) is 4.79 Å². The second-order valence-electron chi connectivity index (χ2n) is 4.14. The largest absolute Gasteiger partial charge is 0.465 e. The summed E-state index contributed by atoms with van der Waals surface area (Å²) in [7, 11) is 0. The minimum absolute atomic E-state index is 0.00769. The van der Waals surface area contributed by atoms with Crippen LogP contribution in [0.3, 0.4) is 0 Å². The first kappa shape index (κ1) is 12.3. The summed E-state index contributed by atoms with van der Waals surface area (Å²) in [5, 5.41) is 11.7. The number of nitrogens with zero attached hydrogens (tertiary/aromatic N) is 3. The van der Waals surface area contributed by atoms with Crippen LogP contribution in [0.15, 0.2) is 18.7 Å². The molecule has 0 spiro atoms. The van der Waals surface area contributed by atoms with Crippen molar-refractivity contribution >= 4 is 12.0 Å². The molecule has 7 heteroatoms. The molecule has 2 rings (SSSR count). The second-order valence-corrected chi connectivity index (χ2v) is 4.14. The highest BCUT2D eigenvalue weighted by atomic mass is 16.4. The van der Waals surface area contributed by atoms with E-state index < -0.39 is 6.09 Å². The van der Waals surface area contributed by atoms with Crippen molar-refractivity contribution in [3.63, 3.8) is 0 Å². The Morgan fingerprint density at radius 2 is 1.89 bits per heavy atom. The van der Waals surface area contributed by atoms with Crippen molar-refractivity contribution in [2.45, 2.75) is 18.9 Å². The van der Waals surface area contributed by atoms with Crippen molar-refractivity contribution in [2.24, 2.45) is 0 Å². The summed E-state index contributed by atoms with van der Waals surface area (Å²) < 4.78 is 0. The molecule has 0 atom stereocenters. The smallest absolute Gasteiger partial charge is 0.407 e. The number of hydrogen-bond donors (Lipinski definition) is 2. The number of nitrogens with one attached hydrogen (secondary N) is 1. The Balaban J connectivity index is 1.85. The molecule has 96 valence electrons. The van der Waals surface area contributed by atoms with Crippen LogP contribution in [0.1, 0.15) is 23.2 Å². The van der Waals surface area contributed by atoms with Gasteiger partial charge in [-0.2, -0.15) is 0 Å². The molecule has 1 saturated heterocycles. The third-order valence-corrected chi connectivity index (χ3v) is 2.92. The number of hydrogen-bond acceptors (Lipinski definition) is 4. The van der Waals surface area contributed by atoms with E-state index in [1.807, 2.05) is 0 Å². The highest BCUT2D eigenvalue weighted by Gasteiger charge is 2.23. The van der Waals surface area contributed by atoms with Gasteiger partial charge in [0, 0.05) is 31.5 Å². The topological polar surface area (TPSA) is 95.4 Å². The fraction of sp³-hybridized carbons (Fsp3) is 0.455. The maximum absolute atomic E-state index is 11.8. The Labute approximate surface area is 104 Å². The zero-order valence-corrected chi connectivity index (χ0v) is 9.74. The van der Waals surface area contributed by atoms with Crippen LogP contribution in [0.5, 0.6) is 0 Å². The van der Waals surface area contributed by atoms with Gasteiger partial charge in [-0.1, -0.05) is 0 Å². The van der Waals surface area contributed by atoms with Crippen molar-refractivity contribution in [2.75, 3.05) is 13.1 Å². The van der Waals surface area contributed by atoms with E-state index in [4.69, 9.17) is 5.11 Å². The molecule has 7 nitrogen and oxygen atoms in total. The average molecular weight is 250 g/mol. The standard InChI is InChI=1S/C11H14N4O3/c16-10(8-5-12-7-13-6-8)14-9-1-3-15(4-2-9)11(17)18/h5-7,9H,1-4H2,(H,14,16)(H,17,18). The molecular weight excluding hydrogens is 236 g/mol. The average Bonchev–Trinajstić information content (AvgIpc) is 2.40. The minimum atomic E-state index is -0.906. The van der Waals surface area contributed by atoms with Crippen molar-refractivity contribution in [3.05, 3.63) is 24.3 Å². The minimum Gasteiger partial charge on any atom is -0.465 e. The number of piperidine rings is 1. The summed E-state index contributed by atoms with van der Waals surface area (Å²) in [6.07, 6.45) is 4.62. The van der Waals surface area contributed by atoms with E-state index in [0.717, 1.165) is 0 Å². The van der Waals surface area contributed by atoms with Crippen LogP contribution in [-0.2, 0) is 0 Å². The third kappa shape index (κ3) is 2.93. The summed E-state index contributed by atoms with van der Waals surface area (Å²) in [5.41, 5.74) is 0.415. The van der Waals surface area contributed by atoms with Gasteiger partial charge in [0.1, 0.15) is 6.33 Å². The molecule has 18 heavy (non-hydrogen) atoms. The molecule has 0 aromatic carbocycles. The van der Waals surface area contributed by atoms with E-state index in [-0.39, 0.29) is 11.9 Å². The summed E-state index contributed by atoms with van der Waals surface area (Å²) in [5.74, 6) is -0.218. The van der Waals surface area contributed by atoms with E-state index in [0.29, 0.717) is 31.5 Å². The highest BCUT2D eigenvalue weighted by molar-refractivity contribution is 5.93. The quantitative estimate of drug-likeness (QED) is 0.789. The molecule has 0 bridgehead atoms. The first-order chi connectivity index (χ1) is 8.66. The molecule has 1 aliphatic heterocycles. The van der Waals surface area contributed by atoms with Gasteiger partial charge in [-0.05, 0) is 12.8 Å². The normalized spacial score (nSPS) is 16.3. The predicted octanol–water partition coefficient (Wildman–Crippen LogP) is 0.349. The molecule has 0 saturated carbocycles. The van der Waals surface area contributed by atoms with Crippen molar-refractivity contribution in [1.82, 2.24) is 20.2 Å². The first-order valence-electron chi connectivity index (χ1n) is 5.70. The Morgan fingerprint density at radius 1 is 1.28 bits per heavy atom. The molecule has 0 aliphatic carbocycles. The monoisotopic (exact) mass is 250 g/mol. The Bertz CT molecular complexity index is 429. The van der Waals surface area contributed by atoms with Crippen LogP contribution >= 0.6 is 0 Å². The maximum Gasteiger partial charge on any atom is 0.407 e. The van der Waals surface area contributed by atoms with Gasteiger partial charge in [-0.25, -0.2) is 14.8 Å². The SMILES string of the molecule is O=C(NC1CCN(C(=O)O)CC1)c1cncnc1. The van der Waals surface area contributed by atoms with Crippen LogP contribution in [0.2, 0.25) is 0 Å². The van der Waals surface area contributed by atoms with Gasteiger partial charge in [0.05, 0.1) is 5.56 Å². The van der Waals surface area contributed by atoms with Crippen molar-refractivity contribution in [1.29, 1.82) is 0 Å². The maximum atomic E-state index is 11.8. The summed E-state index contributed by atoms with van der Waals surface area (Å²) >= 11 is 0. The van der Waals surface area contributed by atoms with Crippen molar-refractivity contribution in [3.8, 4) is 0 Å². The van der Waals surface area contributed by atoms with Crippen LogP contribution in [-0.4, -0.2) is 51.1 Å². The molecule has 2 heterocycles. The number of amides is 2. The summed E-state index contributed by atoms with van der Waals surface area (Å²) in [6, 6.07) is 0.00769. The van der Waals surface area contributed by atoms with Crippen LogP contribution in [0, 0.1) is 0 Å². The van der Waals surface area contributed by atoms with Crippen molar-refractivity contribution < 1.29 is 14.7 Å². The van der Waals surface area contributed by atoms with E-state index in [1.165, 1.54) is 23.6 Å². The Morgan fingerprint density at radius 3 is 2.44 bits per heavy atom. The molecule has 1 aromatic heterocycles. The predicted molar refractivity (Wildman–Crippen MR) is 62.1 cm³/mol. The number of carbonyl (C=O) groups excluding carboxylic acids is 1. The molecule has 2 amide bonds. The fourth-order valence-corrected chi connectivity index (χ4v) is 1.90. The Hall–Kier alpha value is -2.18.